The van der Waals surface area contributed by atoms with Gasteiger partial charge in [-0.15, -0.1) is 0 Å². The molecule has 18 heavy (non-hydrogen) atoms. The fraction of sp³-hybridized carbons (Fsp3) is 0.571. The molecule has 0 radical (unpaired) electrons. The predicted octanol–water partition coefficient (Wildman–Crippen LogP) is 3.03. The minimum atomic E-state index is -0.362. The summed E-state index contributed by atoms with van der Waals surface area (Å²) in [6.45, 7) is 2.89. The van der Waals surface area contributed by atoms with E-state index in [1.54, 1.807) is 12.1 Å². The van der Waals surface area contributed by atoms with Gasteiger partial charge in [0.05, 0.1) is 17.7 Å². The summed E-state index contributed by atoms with van der Waals surface area (Å²) in [6, 6.07) is 5.28. The number of nitrogens with one attached hydrogen (secondary N) is 1. The van der Waals surface area contributed by atoms with Crippen LogP contribution in [0.5, 0.6) is 0 Å². The molecule has 0 spiro atoms. The van der Waals surface area contributed by atoms with Crippen molar-refractivity contribution in [1.29, 1.82) is 0 Å². The Balaban J connectivity index is 2.03. The Kier molecular flexibility index (Phi) is 4.60. The summed E-state index contributed by atoms with van der Waals surface area (Å²) in [4.78, 5) is 0. The topological polar surface area (TPSA) is 21.3 Å². The normalized spacial score (nSPS) is 25.3. The second-order valence-electron chi connectivity index (χ2n) is 4.99. The molecule has 1 saturated heterocycles. The molecule has 0 aliphatic carbocycles. The fourth-order valence-electron chi connectivity index (χ4n) is 2.56. The molecule has 0 aromatic heterocycles. The van der Waals surface area contributed by atoms with Crippen LogP contribution in [0.25, 0.3) is 0 Å². The summed E-state index contributed by atoms with van der Waals surface area (Å²) in [5.41, 5.74) is 1.06. The number of hydrogen-bond donors (Lipinski definition) is 1. The Bertz CT molecular complexity index is 413. The lowest BCUT2D eigenvalue weighted by atomic mass is 9.91. The van der Waals surface area contributed by atoms with Gasteiger partial charge in [0.2, 0.25) is 0 Å². The summed E-state index contributed by atoms with van der Waals surface area (Å²) < 4.78 is 18.7. The zero-order valence-corrected chi connectivity index (χ0v) is 11.5. The monoisotopic (exact) mass is 271 g/mol. The lowest BCUT2D eigenvalue weighted by molar-refractivity contribution is 0.117. The number of ether oxygens (including phenoxy) is 1. The maximum atomic E-state index is 13.1. The third-order valence-corrected chi connectivity index (χ3v) is 3.90. The van der Waals surface area contributed by atoms with E-state index >= 15 is 0 Å². The Morgan fingerprint density at radius 1 is 1.56 bits per heavy atom. The van der Waals surface area contributed by atoms with Gasteiger partial charge in [0, 0.05) is 12.0 Å². The molecule has 100 valence electrons. The average Bonchev–Trinajstić information content (AvgIpc) is 2.77. The van der Waals surface area contributed by atoms with E-state index in [0.29, 0.717) is 18.1 Å². The number of likely N-dealkylation sites (N-methyl/N-ethyl adjacent to an activating group) is 1. The van der Waals surface area contributed by atoms with Crippen LogP contribution in [-0.4, -0.2) is 25.8 Å². The number of halogens is 2. The van der Waals surface area contributed by atoms with E-state index in [0.717, 1.165) is 25.0 Å². The lowest BCUT2D eigenvalue weighted by Gasteiger charge is -2.22. The van der Waals surface area contributed by atoms with Gasteiger partial charge in [-0.1, -0.05) is 17.7 Å². The van der Waals surface area contributed by atoms with Crippen molar-refractivity contribution < 1.29 is 9.13 Å². The van der Waals surface area contributed by atoms with E-state index in [1.807, 2.05) is 7.05 Å². The van der Waals surface area contributed by atoms with Crippen molar-refractivity contribution in [2.75, 3.05) is 13.7 Å². The highest BCUT2D eigenvalue weighted by atomic mass is 35.5. The second kappa shape index (κ2) is 6.00. The molecule has 2 rings (SSSR count). The van der Waals surface area contributed by atoms with Crippen LogP contribution >= 0.6 is 11.6 Å². The van der Waals surface area contributed by atoms with Gasteiger partial charge in [-0.05, 0) is 44.5 Å². The van der Waals surface area contributed by atoms with E-state index in [4.69, 9.17) is 16.3 Å². The minimum Gasteiger partial charge on any atom is -0.378 e. The summed E-state index contributed by atoms with van der Waals surface area (Å²) >= 11 is 5.80. The smallest absolute Gasteiger partial charge is 0.141 e. The van der Waals surface area contributed by atoms with Crippen molar-refractivity contribution in [3.63, 3.8) is 0 Å². The molecular formula is C14H19ClFNO. The Hall–Kier alpha value is -0.640. The highest BCUT2D eigenvalue weighted by molar-refractivity contribution is 6.30. The lowest BCUT2D eigenvalue weighted by Crippen LogP contribution is -2.36. The zero-order chi connectivity index (χ0) is 13.1. The van der Waals surface area contributed by atoms with Crippen molar-refractivity contribution in [3.8, 4) is 0 Å². The van der Waals surface area contributed by atoms with Gasteiger partial charge < -0.3 is 10.1 Å². The van der Waals surface area contributed by atoms with Crippen molar-refractivity contribution in [2.45, 2.75) is 31.9 Å². The number of benzene rings is 1. The van der Waals surface area contributed by atoms with Crippen molar-refractivity contribution in [2.24, 2.45) is 5.92 Å². The summed E-state index contributed by atoms with van der Waals surface area (Å²) in [7, 11) is 1.96. The first-order valence-corrected chi connectivity index (χ1v) is 6.70. The highest BCUT2D eigenvalue weighted by Crippen LogP contribution is 2.25. The molecule has 0 saturated carbocycles. The molecule has 2 nitrogen and oxygen atoms in total. The first-order valence-electron chi connectivity index (χ1n) is 6.33. The van der Waals surface area contributed by atoms with Gasteiger partial charge in [-0.3, -0.25) is 0 Å². The zero-order valence-electron chi connectivity index (χ0n) is 10.7. The van der Waals surface area contributed by atoms with E-state index in [1.165, 1.54) is 6.07 Å². The SMILES string of the molecule is CNC(Cc1ccc(F)c(Cl)c1)C1COC(C)C1. The van der Waals surface area contributed by atoms with Crippen molar-refractivity contribution in [3.05, 3.63) is 34.6 Å². The van der Waals surface area contributed by atoms with Crippen LogP contribution in [0.4, 0.5) is 4.39 Å². The quantitative estimate of drug-likeness (QED) is 0.909. The maximum Gasteiger partial charge on any atom is 0.141 e. The first kappa shape index (κ1) is 13.8. The van der Waals surface area contributed by atoms with Crippen LogP contribution in [-0.2, 0) is 11.2 Å². The minimum absolute atomic E-state index is 0.193. The van der Waals surface area contributed by atoms with Gasteiger partial charge in [0.1, 0.15) is 5.82 Å². The van der Waals surface area contributed by atoms with E-state index < -0.39 is 0 Å². The molecule has 4 heteroatoms. The van der Waals surface area contributed by atoms with Gasteiger partial charge >= 0.3 is 0 Å². The Morgan fingerprint density at radius 3 is 2.89 bits per heavy atom. The molecule has 1 N–H and O–H groups in total. The van der Waals surface area contributed by atoms with E-state index in [-0.39, 0.29) is 10.8 Å². The van der Waals surface area contributed by atoms with Gasteiger partial charge in [0.25, 0.3) is 0 Å². The largest absolute Gasteiger partial charge is 0.378 e. The summed E-state index contributed by atoms with van der Waals surface area (Å²) in [6.07, 6.45) is 2.25. The third-order valence-electron chi connectivity index (χ3n) is 3.61. The van der Waals surface area contributed by atoms with Crippen LogP contribution in [0.1, 0.15) is 18.9 Å². The highest BCUT2D eigenvalue weighted by Gasteiger charge is 2.28. The molecule has 1 aromatic carbocycles. The molecule has 0 amide bonds. The maximum absolute atomic E-state index is 13.1. The molecule has 0 bridgehead atoms. The molecule has 1 aliphatic rings. The molecule has 1 heterocycles. The summed E-state index contributed by atoms with van der Waals surface area (Å²) in [5, 5.41) is 3.52. The number of rotatable bonds is 4. The second-order valence-corrected chi connectivity index (χ2v) is 5.39. The van der Waals surface area contributed by atoms with Gasteiger partial charge in [0.15, 0.2) is 0 Å². The third kappa shape index (κ3) is 3.22. The van der Waals surface area contributed by atoms with Crippen LogP contribution in [0.2, 0.25) is 5.02 Å². The Morgan fingerprint density at radius 2 is 2.33 bits per heavy atom. The van der Waals surface area contributed by atoms with Crippen LogP contribution in [0.3, 0.4) is 0 Å². The van der Waals surface area contributed by atoms with Crippen LogP contribution < -0.4 is 5.32 Å². The summed E-state index contributed by atoms with van der Waals surface area (Å²) in [5.74, 6) is 0.146. The molecule has 1 aliphatic heterocycles. The fourth-order valence-corrected chi connectivity index (χ4v) is 2.76. The van der Waals surface area contributed by atoms with Gasteiger partial charge in [-0.2, -0.15) is 0 Å². The van der Waals surface area contributed by atoms with Crippen molar-refractivity contribution in [1.82, 2.24) is 5.32 Å². The Labute approximate surface area is 112 Å². The first-order chi connectivity index (χ1) is 8.60. The van der Waals surface area contributed by atoms with E-state index in [2.05, 4.69) is 12.2 Å². The molecule has 3 atom stereocenters. The molecule has 3 unspecified atom stereocenters. The van der Waals surface area contributed by atoms with Crippen LogP contribution in [0.15, 0.2) is 18.2 Å². The number of hydrogen-bond acceptors (Lipinski definition) is 2. The molecular weight excluding hydrogens is 253 g/mol. The van der Waals surface area contributed by atoms with Crippen molar-refractivity contribution >= 4 is 11.6 Å². The van der Waals surface area contributed by atoms with Crippen LogP contribution in [0, 0.1) is 11.7 Å². The van der Waals surface area contributed by atoms with Gasteiger partial charge in [-0.25, -0.2) is 4.39 Å². The predicted molar refractivity (Wildman–Crippen MR) is 71.5 cm³/mol. The standard InChI is InChI=1S/C14H19ClFNO/c1-9-5-11(8-18-9)14(17-2)7-10-3-4-13(16)12(15)6-10/h3-4,6,9,11,14,17H,5,7-8H2,1-2H3. The van der Waals surface area contributed by atoms with E-state index in [9.17, 15) is 4.39 Å². The molecule has 1 aromatic rings. The molecule has 1 fully saturated rings. The average molecular weight is 272 g/mol.